The van der Waals surface area contributed by atoms with Gasteiger partial charge in [-0.2, -0.15) is 0 Å². The quantitative estimate of drug-likeness (QED) is 0.851. The first-order valence-electron chi connectivity index (χ1n) is 6.14. The number of halogens is 2. The lowest BCUT2D eigenvalue weighted by Crippen LogP contribution is -2.26. The van der Waals surface area contributed by atoms with Gasteiger partial charge >= 0.3 is 0 Å². The first kappa shape index (κ1) is 14.3. The Balaban J connectivity index is 1.94. The fourth-order valence-electron chi connectivity index (χ4n) is 1.82. The highest BCUT2D eigenvalue weighted by molar-refractivity contribution is 6.30. The molecule has 0 bridgehead atoms. The molecule has 5 heteroatoms. The molecule has 2 rings (SSSR count). The molecule has 20 heavy (non-hydrogen) atoms. The predicted octanol–water partition coefficient (Wildman–Crippen LogP) is 3.03. The summed E-state index contributed by atoms with van der Waals surface area (Å²) >= 11 is 5.87. The van der Waals surface area contributed by atoms with E-state index < -0.39 is 11.7 Å². The molecule has 0 heterocycles. The van der Waals surface area contributed by atoms with Crippen LogP contribution in [0.15, 0.2) is 42.5 Å². The summed E-state index contributed by atoms with van der Waals surface area (Å²) in [6.07, 6.45) is 0.621. The van der Waals surface area contributed by atoms with Crippen LogP contribution in [0.3, 0.4) is 0 Å². The second-order valence-corrected chi connectivity index (χ2v) is 4.81. The van der Waals surface area contributed by atoms with Gasteiger partial charge in [0.05, 0.1) is 5.56 Å². The van der Waals surface area contributed by atoms with Crippen molar-refractivity contribution in [3.8, 4) is 0 Å². The summed E-state index contributed by atoms with van der Waals surface area (Å²) in [5, 5.41) is 3.31. The Labute approximate surface area is 121 Å². The molecule has 104 valence electrons. The number of hydrogen-bond donors (Lipinski definition) is 2. The van der Waals surface area contributed by atoms with Crippen LogP contribution in [0.25, 0.3) is 0 Å². The largest absolute Gasteiger partial charge is 0.399 e. The highest BCUT2D eigenvalue weighted by Crippen LogP contribution is 2.13. The zero-order valence-electron chi connectivity index (χ0n) is 10.7. The van der Waals surface area contributed by atoms with Crippen LogP contribution in [0.2, 0.25) is 5.02 Å². The third kappa shape index (κ3) is 3.71. The van der Waals surface area contributed by atoms with Crippen LogP contribution in [0, 0.1) is 5.82 Å². The number of carbonyl (C=O) groups excluding carboxylic acids is 1. The number of nitrogens with two attached hydrogens (primary N) is 1. The van der Waals surface area contributed by atoms with Crippen LogP contribution in [-0.4, -0.2) is 12.5 Å². The van der Waals surface area contributed by atoms with E-state index in [1.165, 1.54) is 18.2 Å². The van der Waals surface area contributed by atoms with Gasteiger partial charge in [0.25, 0.3) is 5.91 Å². The number of rotatable bonds is 4. The van der Waals surface area contributed by atoms with E-state index in [1.54, 1.807) is 6.07 Å². The van der Waals surface area contributed by atoms with Gasteiger partial charge in [0.15, 0.2) is 0 Å². The molecule has 0 aliphatic rings. The van der Waals surface area contributed by atoms with Crippen molar-refractivity contribution in [2.45, 2.75) is 6.42 Å². The summed E-state index contributed by atoms with van der Waals surface area (Å²) in [5.41, 5.74) is 6.85. The van der Waals surface area contributed by atoms with Gasteiger partial charge in [0, 0.05) is 17.3 Å². The van der Waals surface area contributed by atoms with Gasteiger partial charge in [-0.15, -0.1) is 0 Å². The molecule has 0 saturated carbocycles. The molecule has 0 unspecified atom stereocenters. The van der Waals surface area contributed by atoms with Crippen molar-refractivity contribution >= 4 is 23.2 Å². The summed E-state index contributed by atoms with van der Waals surface area (Å²) in [4.78, 5) is 11.8. The molecular weight excluding hydrogens is 279 g/mol. The van der Waals surface area contributed by atoms with Gasteiger partial charge in [-0.1, -0.05) is 23.7 Å². The minimum atomic E-state index is -0.584. The van der Waals surface area contributed by atoms with Crippen molar-refractivity contribution in [3.63, 3.8) is 0 Å². The second kappa shape index (κ2) is 6.39. The highest BCUT2D eigenvalue weighted by atomic mass is 35.5. The van der Waals surface area contributed by atoms with Gasteiger partial charge in [0.2, 0.25) is 0 Å². The van der Waals surface area contributed by atoms with Gasteiger partial charge in [-0.25, -0.2) is 4.39 Å². The Morgan fingerprint density at radius 2 is 2.05 bits per heavy atom. The Morgan fingerprint density at radius 3 is 2.80 bits per heavy atom. The molecule has 1 amide bonds. The normalized spacial score (nSPS) is 10.3. The maximum atomic E-state index is 13.5. The van der Waals surface area contributed by atoms with Crippen LogP contribution in [0.5, 0.6) is 0 Å². The highest BCUT2D eigenvalue weighted by Gasteiger charge is 2.11. The third-order valence-corrected chi connectivity index (χ3v) is 3.06. The minimum absolute atomic E-state index is 0.0453. The number of nitrogen functional groups attached to an aromatic ring is 1. The topological polar surface area (TPSA) is 55.1 Å². The van der Waals surface area contributed by atoms with Crippen molar-refractivity contribution in [2.75, 3.05) is 12.3 Å². The first-order chi connectivity index (χ1) is 9.56. The second-order valence-electron chi connectivity index (χ2n) is 4.38. The van der Waals surface area contributed by atoms with Gasteiger partial charge in [0.1, 0.15) is 5.82 Å². The van der Waals surface area contributed by atoms with Gasteiger partial charge < -0.3 is 11.1 Å². The number of amides is 1. The van der Waals surface area contributed by atoms with Crippen LogP contribution in [0.1, 0.15) is 15.9 Å². The molecule has 0 atom stereocenters. The van der Waals surface area contributed by atoms with E-state index in [-0.39, 0.29) is 5.56 Å². The molecule has 0 aromatic heterocycles. The van der Waals surface area contributed by atoms with Crippen molar-refractivity contribution in [1.82, 2.24) is 5.32 Å². The molecule has 0 aliphatic heterocycles. The van der Waals surface area contributed by atoms with Crippen molar-refractivity contribution < 1.29 is 9.18 Å². The Bertz CT molecular complexity index is 631. The van der Waals surface area contributed by atoms with Crippen LogP contribution in [0.4, 0.5) is 10.1 Å². The number of nitrogens with one attached hydrogen (secondary N) is 1. The van der Waals surface area contributed by atoms with Gasteiger partial charge in [-0.3, -0.25) is 4.79 Å². The average Bonchev–Trinajstić information content (AvgIpc) is 2.41. The smallest absolute Gasteiger partial charge is 0.254 e. The molecule has 2 aromatic carbocycles. The van der Waals surface area contributed by atoms with Crippen LogP contribution < -0.4 is 11.1 Å². The standard InChI is InChI=1S/C15H14ClFN2O/c16-11-3-1-2-10(8-11)6-7-19-15(20)13-9-12(18)4-5-14(13)17/h1-5,8-9H,6-7,18H2,(H,19,20). The summed E-state index contributed by atoms with van der Waals surface area (Å²) < 4.78 is 13.5. The number of carbonyl (C=O) groups is 1. The summed E-state index contributed by atoms with van der Waals surface area (Å²) in [7, 11) is 0. The molecular formula is C15H14ClFN2O. The summed E-state index contributed by atoms with van der Waals surface area (Å²) in [5.74, 6) is -1.06. The molecule has 0 fully saturated rings. The number of hydrogen-bond acceptors (Lipinski definition) is 2. The Kier molecular flexibility index (Phi) is 4.58. The van der Waals surface area contributed by atoms with E-state index in [0.717, 1.165) is 5.56 Å². The van der Waals surface area contributed by atoms with Gasteiger partial charge in [-0.05, 0) is 42.3 Å². The maximum absolute atomic E-state index is 13.5. The maximum Gasteiger partial charge on any atom is 0.254 e. The molecule has 0 radical (unpaired) electrons. The lowest BCUT2D eigenvalue weighted by Gasteiger charge is -2.07. The van der Waals surface area contributed by atoms with E-state index in [0.29, 0.717) is 23.7 Å². The molecule has 0 aliphatic carbocycles. The van der Waals surface area contributed by atoms with Crippen molar-refractivity contribution in [1.29, 1.82) is 0 Å². The molecule has 0 saturated heterocycles. The number of anilines is 1. The van der Waals surface area contributed by atoms with E-state index in [2.05, 4.69) is 5.32 Å². The predicted molar refractivity (Wildman–Crippen MR) is 78.3 cm³/mol. The van der Waals surface area contributed by atoms with Crippen molar-refractivity contribution in [2.24, 2.45) is 0 Å². The lowest BCUT2D eigenvalue weighted by atomic mass is 10.1. The zero-order chi connectivity index (χ0) is 14.5. The molecule has 3 nitrogen and oxygen atoms in total. The van der Waals surface area contributed by atoms with E-state index in [9.17, 15) is 9.18 Å². The Morgan fingerprint density at radius 1 is 1.25 bits per heavy atom. The van der Waals surface area contributed by atoms with Crippen LogP contribution >= 0.6 is 11.6 Å². The monoisotopic (exact) mass is 292 g/mol. The third-order valence-electron chi connectivity index (χ3n) is 2.82. The van der Waals surface area contributed by atoms with E-state index >= 15 is 0 Å². The van der Waals surface area contributed by atoms with E-state index in [4.69, 9.17) is 17.3 Å². The SMILES string of the molecule is Nc1ccc(F)c(C(=O)NCCc2cccc(Cl)c2)c1. The summed E-state index contributed by atoms with van der Waals surface area (Å²) in [6, 6.07) is 11.3. The fraction of sp³-hybridized carbons (Fsp3) is 0.133. The zero-order valence-corrected chi connectivity index (χ0v) is 11.5. The molecule has 3 N–H and O–H groups in total. The fourth-order valence-corrected chi connectivity index (χ4v) is 2.04. The molecule has 2 aromatic rings. The number of benzene rings is 2. The molecule has 0 spiro atoms. The summed E-state index contributed by atoms with van der Waals surface area (Å²) in [6.45, 7) is 0.396. The Hall–Kier alpha value is -2.07. The van der Waals surface area contributed by atoms with E-state index in [1.807, 2.05) is 18.2 Å². The lowest BCUT2D eigenvalue weighted by molar-refractivity contribution is 0.0950. The van der Waals surface area contributed by atoms with Crippen LogP contribution in [-0.2, 0) is 6.42 Å². The van der Waals surface area contributed by atoms with Crippen molar-refractivity contribution in [3.05, 3.63) is 64.4 Å². The minimum Gasteiger partial charge on any atom is -0.399 e. The first-order valence-corrected chi connectivity index (χ1v) is 6.52. The average molecular weight is 293 g/mol.